The van der Waals surface area contributed by atoms with Crippen molar-refractivity contribution < 1.29 is 32.8 Å². The molecule has 3 aromatic rings. The zero-order valence-corrected chi connectivity index (χ0v) is 20.0. The van der Waals surface area contributed by atoms with Gasteiger partial charge >= 0.3 is 5.97 Å². The van der Waals surface area contributed by atoms with Crippen LogP contribution in [0.4, 0.5) is 4.39 Å². The molecule has 1 heterocycles. The summed E-state index contributed by atoms with van der Waals surface area (Å²) in [4.78, 5) is 17.4. The lowest BCUT2D eigenvalue weighted by Gasteiger charge is -2.15. The van der Waals surface area contributed by atoms with Crippen molar-refractivity contribution in [3.05, 3.63) is 78.0 Å². The molecule has 1 atom stereocenters. The van der Waals surface area contributed by atoms with Crippen LogP contribution in [0.5, 0.6) is 5.75 Å². The molecule has 0 fully saturated rings. The summed E-state index contributed by atoms with van der Waals surface area (Å²) in [7, 11) is 0. The Kier molecular flexibility index (Phi) is 9.82. The summed E-state index contributed by atoms with van der Waals surface area (Å²) in [5.74, 6) is 0.233. The molecule has 0 amide bonds. The molecule has 1 aromatic heterocycles. The van der Waals surface area contributed by atoms with Crippen LogP contribution in [0.2, 0.25) is 0 Å². The fraction of sp³-hybridized carbons (Fsp3) is 0.308. The first kappa shape index (κ1) is 25.9. The minimum Gasteiger partial charge on any atom is -0.464 e. The average Bonchev–Trinajstić information content (AvgIpc) is 3.35. The first-order valence-electron chi connectivity index (χ1n) is 11.4. The van der Waals surface area contributed by atoms with Crippen molar-refractivity contribution in [3.8, 4) is 17.0 Å². The molecule has 9 heteroatoms. The Morgan fingerprint density at radius 2 is 1.80 bits per heavy atom. The van der Waals surface area contributed by atoms with Crippen molar-refractivity contribution in [2.24, 2.45) is 0 Å². The molecular weight excluding hydrogens is 455 g/mol. The molecule has 2 aromatic carbocycles. The summed E-state index contributed by atoms with van der Waals surface area (Å²) in [6.07, 6.45) is 1.18. The van der Waals surface area contributed by atoms with Gasteiger partial charge in [-0.15, -0.1) is 0 Å². The van der Waals surface area contributed by atoms with Crippen LogP contribution in [0.3, 0.4) is 0 Å². The zero-order valence-electron chi connectivity index (χ0n) is 20.0. The molecule has 8 nitrogen and oxygen atoms in total. The number of nitrogens with zero attached hydrogens (tertiary/aromatic N) is 1. The van der Waals surface area contributed by atoms with Gasteiger partial charge in [0.05, 0.1) is 13.2 Å². The van der Waals surface area contributed by atoms with Crippen LogP contribution >= 0.6 is 0 Å². The van der Waals surface area contributed by atoms with Gasteiger partial charge in [0.15, 0.2) is 11.9 Å². The SMILES string of the molecule is CCONC(=COc1ccc(CC(OCC)C(=O)OCC)cc1)c1cc(-c2ccc(F)cc2)no1. The normalized spacial score (nSPS) is 12.3. The molecule has 0 radical (unpaired) electrons. The molecule has 1 unspecified atom stereocenters. The molecule has 1 N–H and O–H groups in total. The second-order valence-electron chi connectivity index (χ2n) is 7.31. The monoisotopic (exact) mass is 484 g/mol. The van der Waals surface area contributed by atoms with Crippen LogP contribution in [0.25, 0.3) is 17.0 Å². The lowest BCUT2D eigenvalue weighted by molar-refractivity contribution is -0.156. The van der Waals surface area contributed by atoms with Crippen molar-refractivity contribution in [1.82, 2.24) is 10.6 Å². The number of hydrogen-bond acceptors (Lipinski definition) is 8. The smallest absolute Gasteiger partial charge is 0.335 e. The molecule has 0 aliphatic rings. The number of ether oxygens (including phenoxy) is 3. The standard InChI is InChI=1S/C26H29FN2O6/c1-4-31-25(26(30)32-5-2)15-18-7-13-21(14-8-18)33-17-23(28-34-6-3)24-16-22(29-35-24)19-9-11-20(27)12-10-19/h7-14,16-17,25,28H,4-6,15H2,1-3H3. The van der Waals surface area contributed by atoms with Crippen LogP contribution in [-0.4, -0.2) is 37.1 Å². The highest BCUT2D eigenvalue weighted by molar-refractivity contribution is 5.75. The quantitative estimate of drug-likeness (QED) is 0.208. The van der Waals surface area contributed by atoms with Gasteiger partial charge in [0.1, 0.15) is 29.2 Å². The van der Waals surface area contributed by atoms with Crippen molar-refractivity contribution in [2.45, 2.75) is 33.3 Å². The summed E-state index contributed by atoms with van der Waals surface area (Å²) < 4.78 is 35.0. The highest BCUT2D eigenvalue weighted by Gasteiger charge is 2.20. The topological polar surface area (TPSA) is 92.0 Å². The summed E-state index contributed by atoms with van der Waals surface area (Å²) >= 11 is 0. The Bertz CT molecular complexity index is 1100. The number of halogens is 1. The van der Waals surface area contributed by atoms with Crippen molar-refractivity contribution in [1.29, 1.82) is 0 Å². The van der Waals surface area contributed by atoms with Crippen LogP contribution < -0.4 is 10.2 Å². The summed E-state index contributed by atoms with van der Waals surface area (Å²) in [5, 5.41) is 4.04. The highest BCUT2D eigenvalue weighted by Crippen LogP contribution is 2.23. The van der Waals surface area contributed by atoms with Gasteiger partial charge in [-0.05, 0) is 62.7 Å². The van der Waals surface area contributed by atoms with Crippen LogP contribution in [0.1, 0.15) is 32.1 Å². The Balaban J connectivity index is 1.70. The molecule has 0 aliphatic heterocycles. The number of carbonyl (C=O) groups is 1. The third-order valence-corrected chi connectivity index (χ3v) is 4.82. The fourth-order valence-corrected chi connectivity index (χ4v) is 3.13. The van der Waals surface area contributed by atoms with E-state index in [1.54, 1.807) is 37.3 Å². The lowest BCUT2D eigenvalue weighted by atomic mass is 10.1. The fourth-order valence-electron chi connectivity index (χ4n) is 3.13. The van der Waals surface area contributed by atoms with E-state index in [-0.39, 0.29) is 11.8 Å². The number of carbonyl (C=O) groups excluding carboxylic acids is 1. The van der Waals surface area contributed by atoms with Crippen molar-refractivity contribution in [2.75, 3.05) is 19.8 Å². The second kappa shape index (κ2) is 13.3. The third kappa shape index (κ3) is 7.66. The summed E-state index contributed by atoms with van der Waals surface area (Å²) in [5.41, 5.74) is 5.35. The van der Waals surface area contributed by atoms with Crippen LogP contribution in [0.15, 0.2) is 65.4 Å². The summed E-state index contributed by atoms with van der Waals surface area (Å²) in [6.45, 7) is 6.55. The van der Waals surface area contributed by atoms with Crippen molar-refractivity contribution in [3.63, 3.8) is 0 Å². The molecule has 0 aliphatic carbocycles. The number of rotatable bonds is 13. The Labute approximate surface area is 203 Å². The number of hydrogen-bond donors (Lipinski definition) is 1. The maximum atomic E-state index is 13.2. The molecule has 0 bridgehead atoms. The number of benzene rings is 2. The van der Waals surface area contributed by atoms with Gasteiger partial charge in [0, 0.05) is 24.7 Å². The van der Waals surface area contributed by atoms with Gasteiger partial charge in [-0.1, -0.05) is 17.3 Å². The first-order chi connectivity index (χ1) is 17.0. The van der Waals surface area contributed by atoms with E-state index < -0.39 is 6.10 Å². The Morgan fingerprint density at radius 1 is 1.06 bits per heavy atom. The maximum absolute atomic E-state index is 13.2. The predicted octanol–water partition coefficient (Wildman–Crippen LogP) is 4.91. The van der Waals surface area contributed by atoms with E-state index in [9.17, 15) is 9.18 Å². The Morgan fingerprint density at radius 3 is 2.46 bits per heavy atom. The minimum atomic E-state index is -0.657. The third-order valence-electron chi connectivity index (χ3n) is 4.82. The first-order valence-corrected chi connectivity index (χ1v) is 11.4. The second-order valence-corrected chi connectivity index (χ2v) is 7.31. The van der Waals surface area contributed by atoms with Crippen molar-refractivity contribution >= 4 is 11.7 Å². The number of esters is 1. The largest absolute Gasteiger partial charge is 0.464 e. The molecule has 0 saturated heterocycles. The minimum absolute atomic E-state index is 0.302. The van der Waals surface area contributed by atoms with Crippen LogP contribution in [0, 0.1) is 5.82 Å². The van der Waals surface area contributed by atoms with Gasteiger partial charge in [0.25, 0.3) is 0 Å². The van der Waals surface area contributed by atoms with Crippen LogP contribution in [-0.2, 0) is 25.5 Å². The van der Waals surface area contributed by atoms with E-state index in [1.165, 1.54) is 18.4 Å². The van der Waals surface area contributed by atoms with Gasteiger partial charge in [-0.25, -0.2) is 9.18 Å². The van der Waals surface area contributed by atoms with E-state index in [4.69, 9.17) is 23.6 Å². The van der Waals surface area contributed by atoms with E-state index in [0.29, 0.717) is 54.7 Å². The lowest BCUT2D eigenvalue weighted by Crippen LogP contribution is -2.28. The predicted molar refractivity (Wildman–Crippen MR) is 127 cm³/mol. The van der Waals surface area contributed by atoms with E-state index in [2.05, 4.69) is 10.6 Å². The average molecular weight is 485 g/mol. The van der Waals surface area contributed by atoms with Gasteiger partial charge in [-0.2, -0.15) is 0 Å². The molecule has 3 rings (SSSR count). The maximum Gasteiger partial charge on any atom is 0.335 e. The molecule has 0 spiro atoms. The molecular formula is C26H29FN2O6. The van der Waals surface area contributed by atoms with Gasteiger partial charge < -0.3 is 18.7 Å². The van der Waals surface area contributed by atoms with E-state index in [0.717, 1.165) is 5.56 Å². The summed E-state index contributed by atoms with van der Waals surface area (Å²) in [6, 6.07) is 14.9. The molecule has 0 saturated carbocycles. The van der Waals surface area contributed by atoms with Gasteiger partial charge in [-0.3, -0.25) is 10.3 Å². The number of hydroxylamine groups is 1. The molecule has 35 heavy (non-hydrogen) atoms. The highest BCUT2D eigenvalue weighted by atomic mass is 19.1. The van der Waals surface area contributed by atoms with E-state index in [1.807, 2.05) is 26.0 Å². The van der Waals surface area contributed by atoms with E-state index >= 15 is 0 Å². The number of nitrogens with one attached hydrogen (secondary N) is 1. The Hall–Kier alpha value is -3.69. The molecule has 186 valence electrons. The zero-order chi connectivity index (χ0) is 25.0. The number of aromatic nitrogens is 1. The van der Waals surface area contributed by atoms with Gasteiger partial charge in [0.2, 0.25) is 0 Å².